The van der Waals surface area contributed by atoms with Gasteiger partial charge in [0.15, 0.2) is 0 Å². The van der Waals surface area contributed by atoms with Gasteiger partial charge in [0.1, 0.15) is 0 Å². The summed E-state index contributed by atoms with van der Waals surface area (Å²) in [6.45, 7) is 0. The predicted molar refractivity (Wildman–Crippen MR) is 98.3 cm³/mol. The molecule has 0 atom stereocenters. The molecule has 0 amide bonds. The van der Waals surface area contributed by atoms with E-state index in [0.717, 1.165) is 17.0 Å². The van der Waals surface area contributed by atoms with Crippen molar-refractivity contribution in [3.8, 4) is 22.4 Å². The van der Waals surface area contributed by atoms with Gasteiger partial charge in [-0.15, -0.1) is 0 Å². The van der Waals surface area contributed by atoms with E-state index < -0.39 is 0 Å². The molecule has 0 fully saturated rings. The van der Waals surface area contributed by atoms with Crippen LogP contribution in [0, 0.1) is 0 Å². The molecule has 0 bridgehead atoms. The Balaban J connectivity index is 1.89. The van der Waals surface area contributed by atoms with E-state index in [1.165, 1.54) is 27.8 Å². The van der Waals surface area contributed by atoms with Gasteiger partial charge >= 0.3 is 0 Å². The first-order valence-electron chi connectivity index (χ1n) is 8.53. The van der Waals surface area contributed by atoms with Gasteiger partial charge in [0.05, 0.1) is 16.8 Å². The molecule has 0 saturated heterocycles. The molecule has 2 aromatic carbocycles. The summed E-state index contributed by atoms with van der Waals surface area (Å²) in [5.74, 6) is 0. The van der Waals surface area contributed by atoms with Crippen molar-refractivity contribution < 1.29 is 0 Å². The number of nitrogens with zero attached hydrogens (tertiary/aromatic N) is 2. The number of fused-ring (bicyclic) bond motifs is 10. The lowest BCUT2D eigenvalue weighted by atomic mass is 9.73. The third-order valence-electron chi connectivity index (χ3n) is 5.58. The minimum absolute atomic E-state index is 0.354. The Bertz CT molecular complexity index is 972. The van der Waals surface area contributed by atoms with Gasteiger partial charge in [-0.05, 0) is 46.0 Å². The molecule has 6 rings (SSSR count). The number of benzene rings is 2. The largest absolute Gasteiger partial charge is 0.259 e. The molecule has 116 valence electrons. The van der Waals surface area contributed by atoms with E-state index >= 15 is 0 Å². The molecule has 2 aromatic heterocycles. The molecule has 2 aliphatic carbocycles. The lowest BCUT2D eigenvalue weighted by molar-refractivity contribution is 0.759. The standard InChI is InChI=1S/C23H14N2/c1-3-10-18-15(7-1)16-8-2-4-11-19(16)23(18)20-12-6-13-24-21(20)17-9-5-14-25-22(17)23/h1-14H. The van der Waals surface area contributed by atoms with Crippen molar-refractivity contribution in [2.75, 3.05) is 0 Å². The Morgan fingerprint density at radius 2 is 1.08 bits per heavy atom. The van der Waals surface area contributed by atoms with Crippen LogP contribution in [0.2, 0.25) is 0 Å². The smallest absolute Gasteiger partial charge is 0.0913 e. The van der Waals surface area contributed by atoms with Crippen LogP contribution >= 0.6 is 0 Å². The first-order chi connectivity index (χ1) is 12.4. The quantitative estimate of drug-likeness (QED) is 0.401. The molecule has 2 aliphatic rings. The summed E-state index contributed by atoms with van der Waals surface area (Å²) >= 11 is 0. The minimum Gasteiger partial charge on any atom is -0.259 e. The maximum absolute atomic E-state index is 4.87. The van der Waals surface area contributed by atoms with Gasteiger partial charge in [-0.2, -0.15) is 0 Å². The predicted octanol–water partition coefficient (Wildman–Crippen LogP) is 4.82. The van der Waals surface area contributed by atoms with E-state index in [4.69, 9.17) is 9.97 Å². The fourth-order valence-electron chi connectivity index (χ4n) is 4.73. The Kier molecular flexibility index (Phi) is 2.31. The molecule has 0 unspecified atom stereocenters. The molecular formula is C23H14N2. The molecule has 2 nitrogen and oxygen atoms in total. The topological polar surface area (TPSA) is 25.8 Å². The molecule has 0 aliphatic heterocycles. The molecule has 1 spiro atoms. The fraction of sp³-hybridized carbons (Fsp3) is 0.0435. The van der Waals surface area contributed by atoms with Gasteiger partial charge in [0.2, 0.25) is 0 Å². The van der Waals surface area contributed by atoms with E-state index in [0.29, 0.717) is 0 Å². The van der Waals surface area contributed by atoms with Crippen molar-refractivity contribution in [3.63, 3.8) is 0 Å². The van der Waals surface area contributed by atoms with Gasteiger partial charge in [0.25, 0.3) is 0 Å². The van der Waals surface area contributed by atoms with Crippen molar-refractivity contribution in [2.24, 2.45) is 0 Å². The van der Waals surface area contributed by atoms with Crippen molar-refractivity contribution in [1.82, 2.24) is 9.97 Å². The third kappa shape index (κ3) is 1.38. The van der Waals surface area contributed by atoms with E-state index in [2.05, 4.69) is 60.7 Å². The Hall–Kier alpha value is -3.26. The molecule has 2 heterocycles. The Morgan fingerprint density at radius 1 is 0.520 bits per heavy atom. The van der Waals surface area contributed by atoms with E-state index in [-0.39, 0.29) is 5.41 Å². The van der Waals surface area contributed by atoms with Crippen molar-refractivity contribution in [2.45, 2.75) is 5.41 Å². The maximum Gasteiger partial charge on any atom is 0.0913 e. The average molecular weight is 318 g/mol. The zero-order chi connectivity index (χ0) is 16.4. The lowest BCUT2D eigenvalue weighted by Crippen LogP contribution is -2.26. The normalized spacial score (nSPS) is 14.7. The summed E-state index contributed by atoms with van der Waals surface area (Å²) in [6.07, 6.45) is 3.78. The number of aromatic nitrogens is 2. The highest BCUT2D eigenvalue weighted by Gasteiger charge is 2.53. The highest BCUT2D eigenvalue weighted by Crippen LogP contribution is 2.61. The van der Waals surface area contributed by atoms with Gasteiger partial charge in [0, 0.05) is 18.0 Å². The molecule has 4 aromatic rings. The summed E-state index contributed by atoms with van der Waals surface area (Å²) in [5.41, 5.74) is 9.39. The van der Waals surface area contributed by atoms with Crippen LogP contribution < -0.4 is 0 Å². The van der Waals surface area contributed by atoms with Crippen LogP contribution in [0.1, 0.15) is 22.4 Å². The molecule has 25 heavy (non-hydrogen) atoms. The summed E-state index contributed by atoms with van der Waals surface area (Å²) < 4.78 is 0. The van der Waals surface area contributed by atoms with Crippen LogP contribution in [0.25, 0.3) is 22.4 Å². The molecule has 2 heteroatoms. The highest BCUT2D eigenvalue weighted by atomic mass is 14.8. The van der Waals surface area contributed by atoms with Gasteiger partial charge in [-0.1, -0.05) is 54.6 Å². The minimum atomic E-state index is -0.354. The zero-order valence-corrected chi connectivity index (χ0v) is 13.5. The van der Waals surface area contributed by atoms with E-state index in [1.807, 2.05) is 24.5 Å². The first-order valence-corrected chi connectivity index (χ1v) is 8.53. The van der Waals surface area contributed by atoms with Gasteiger partial charge in [-0.3, -0.25) is 9.97 Å². The van der Waals surface area contributed by atoms with Crippen LogP contribution in [-0.2, 0) is 5.41 Å². The van der Waals surface area contributed by atoms with Gasteiger partial charge in [-0.25, -0.2) is 0 Å². The summed E-state index contributed by atoms with van der Waals surface area (Å²) in [7, 11) is 0. The molecular weight excluding hydrogens is 304 g/mol. The van der Waals surface area contributed by atoms with Gasteiger partial charge < -0.3 is 0 Å². The van der Waals surface area contributed by atoms with Crippen LogP contribution in [0.5, 0.6) is 0 Å². The van der Waals surface area contributed by atoms with Crippen LogP contribution in [-0.4, -0.2) is 9.97 Å². The highest BCUT2D eigenvalue weighted by molar-refractivity contribution is 5.92. The van der Waals surface area contributed by atoms with E-state index in [9.17, 15) is 0 Å². The third-order valence-corrected chi connectivity index (χ3v) is 5.58. The maximum atomic E-state index is 4.87. The van der Waals surface area contributed by atoms with Crippen molar-refractivity contribution in [1.29, 1.82) is 0 Å². The van der Waals surface area contributed by atoms with Crippen molar-refractivity contribution >= 4 is 0 Å². The SMILES string of the molecule is c1ccc2c(c1)-c1ccccc1C21c2cccnc2-c2cccnc21. The summed E-state index contributed by atoms with van der Waals surface area (Å²) in [4.78, 5) is 9.59. The Labute approximate surface area is 145 Å². The van der Waals surface area contributed by atoms with Crippen molar-refractivity contribution in [3.05, 3.63) is 108 Å². The number of rotatable bonds is 0. The summed E-state index contributed by atoms with van der Waals surface area (Å²) in [5, 5.41) is 0. The zero-order valence-electron chi connectivity index (χ0n) is 13.5. The average Bonchev–Trinajstić information content (AvgIpc) is 3.16. The molecule has 0 saturated carbocycles. The van der Waals surface area contributed by atoms with Crippen LogP contribution in [0.3, 0.4) is 0 Å². The second-order valence-electron chi connectivity index (χ2n) is 6.64. The van der Waals surface area contributed by atoms with Crippen LogP contribution in [0.4, 0.5) is 0 Å². The van der Waals surface area contributed by atoms with Crippen LogP contribution in [0.15, 0.2) is 85.2 Å². The second-order valence-corrected chi connectivity index (χ2v) is 6.64. The number of pyridine rings is 2. The monoisotopic (exact) mass is 318 g/mol. The fourth-order valence-corrected chi connectivity index (χ4v) is 4.73. The number of hydrogen-bond acceptors (Lipinski definition) is 2. The molecule has 0 radical (unpaired) electrons. The summed E-state index contributed by atoms with van der Waals surface area (Å²) in [6, 6.07) is 25.8. The second kappa shape index (κ2) is 4.42. The van der Waals surface area contributed by atoms with E-state index in [1.54, 1.807) is 0 Å². The number of hydrogen-bond donors (Lipinski definition) is 0. The Morgan fingerprint density at radius 3 is 1.84 bits per heavy atom. The lowest BCUT2D eigenvalue weighted by Gasteiger charge is -2.28. The first kappa shape index (κ1) is 13.1. The molecule has 0 N–H and O–H groups in total.